The third-order valence-corrected chi connectivity index (χ3v) is 9.36. The lowest BCUT2D eigenvalue weighted by atomic mass is 10.1. The molecule has 44 heavy (non-hydrogen) atoms. The molecule has 2 atom stereocenters. The van der Waals surface area contributed by atoms with Gasteiger partial charge in [0.1, 0.15) is 11.5 Å². The number of ether oxygens (including phenoxy) is 1. The number of aromatic nitrogens is 3. The second-order valence-electron chi connectivity index (χ2n) is 13.1. The molecular formula is C34H35N5O5. The number of pyridine rings is 1. The van der Waals surface area contributed by atoms with E-state index in [-0.39, 0.29) is 23.3 Å². The van der Waals surface area contributed by atoms with Gasteiger partial charge in [-0.3, -0.25) is 14.4 Å². The molecule has 2 aliphatic heterocycles. The lowest BCUT2D eigenvalue weighted by Gasteiger charge is -2.19. The first-order valence-electron chi connectivity index (χ1n) is 15.7. The lowest BCUT2D eigenvalue weighted by molar-refractivity contribution is -0.129. The van der Waals surface area contributed by atoms with Gasteiger partial charge in [-0.15, -0.1) is 0 Å². The minimum atomic E-state index is -0.0785. The quantitative estimate of drug-likeness (QED) is 0.266. The zero-order valence-corrected chi connectivity index (χ0v) is 24.8. The SMILES string of the molecule is C[C@H]1CC(=O)N(Cc2ccc(-c3nc([C@H]4CC(=O)N(C5CC5)C4)no3)cc2Oc2ccc3c(=O)n(CC4CC4)ccc3c2)C1. The maximum absolute atomic E-state index is 13.1. The first-order chi connectivity index (χ1) is 21.4. The molecule has 4 fully saturated rings. The molecule has 0 unspecified atom stereocenters. The van der Waals surface area contributed by atoms with Gasteiger partial charge in [-0.1, -0.05) is 18.1 Å². The molecule has 2 amide bonds. The topological polar surface area (TPSA) is 111 Å². The fraction of sp³-hybridized carbons (Fsp3) is 0.441. The second-order valence-corrected chi connectivity index (χ2v) is 13.1. The molecule has 4 aliphatic rings. The number of hydrogen-bond donors (Lipinski definition) is 0. The predicted molar refractivity (Wildman–Crippen MR) is 162 cm³/mol. The third-order valence-electron chi connectivity index (χ3n) is 9.36. The van der Waals surface area contributed by atoms with Gasteiger partial charge in [0.2, 0.25) is 11.8 Å². The van der Waals surface area contributed by atoms with Gasteiger partial charge in [-0.2, -0.15) is 4.98 Å². The summed E-state index contributed by atoms with van der Waals surface area (Å²) in [6.07, 6.45) is 7.33. The minimum Gasteiger partial charge on any atom is -0.457 e. The van der Waals surface area contributed by atoms with Crippen molar-refractivity contribution in [3.05, 3.63) is 70.4 Å². The van der Waals surface area contributed by atoms with Gasteiger partial charge in [-0.05, 0) is 79.3 Å². The molecule has 0 radical (unpaired) electrons. The highest BCUT2D eigenvalue weighted by molar-refractivity contribution is 5.83. The molecule has 2 saturated heterocycles. The van der Waals surface area contributed by atoms with E-state index in [2.05, 4.69) is 17.1 Å². The molecule has 0 spiro atoms. The van der Waals surface area contributed by atoms with E-state index in [0.29, 0.717) is 84.5 Å². The van der Waals surface area contributed by atoms with E-state index >= 15 is 0 Å². The van der Waals surface area contributed by atoms with E-state index in [9.17, 15) is 14.4 Å². The van der Waals surface area contributed by atoms with Crippen LogP contribution >= 0.6 is 0 Å². The van der Waals surface area contributed by atoms with Crippen LogP contribution in [-0.4, -0.2) is 55.5 Å². The molecule has 2 aromatic heterocycles. The molecular weight excluding hydrogens is 558 g/mol. The molecule has 4 heterocycles. The molecule has 0 N–H and O–H groups in total. The van der Waals surface area contributed by atoms with Crippen LogP contribution in [0.15, 0.2) is 58.0 Å². The van der Waals surface area contributed by atoms with Gasteiger partial charge in [0.15, 0.2) is 5.82 Å². The summed E-state index contributed by atoms with van der Waals surface area (Å²) in [6, 6.07) is 13.6. The van der Waals surface area contributed by atoms with Crippen molar-refractivity contribution >= 4 is 22.6 Å². The Morgan fingerprint density at radius 1 is 0.955 bits per heavy atom. The van der Waals surface area contributed by atoms with Crippen molar-refractivity contribution in [2.24, 2.45) is 11.8 Å². The molecule has 0 bridgehead atoms. The Kier molecular flexibility index (Phi) is 6.53. The molecule has 10 heteroatoms. The highest BCUT2D eigenvalue weighted by atomic mass is 16.5. The van der Waals surface area contributed by atoms with E-state index in [0.717, 1.165) is 30.3 Å². The minimum absolute atomic E-state index is 0.0155. The van der Waals surface area contributed by atoms with Crippen molar-refractivity contribution in [2.75, 3.05) is 13.1 Å². The largest absolute Gasteiger partial charge is 0.457 e. The van der Waals surface area contributed by atoms with Gasteiger partial charge in [0, 0.05) is 73.7 Å². The summed E-state index contributed by atoms with van der Waals surface area (Å²) >= 11 is 0. The molecule has 4 aromatic rings. The summed E-state index contributed by atoms with van der Waals surface area (Å²) in [5, 5.41) is 5.72. The summed E-state index contributed by atoms with van der Waals surface area (Å²) in [7, 11) is 0. The number of fused-ring (bicyclic) bond motifs is 1. The van der Waals surface area contributed by atoms with E-state index < -0.39 is 0 Å². The van der Waals surface area contributed by atoms with E-state index in [4.69, 9.17) is 9.26 Å². The number of nitrogens with zero attached hydrogens (tertiary/aromatic N) is 5. The number of carbonyl (C=O) groups is 2. The van der Waals surface area contributed by atoms with Crippen LogP contribution in [0.4, 0.5) is 0 Å². The molecule has 10 nitrogen and oxygen atoms in total. The van der Waals surface area contributed by atoms with Crippen molar-refractivity contribution in [1.29, 1.82) is 0 Å². The van der Waals surface area contributed by atoms with Crippen molar-refractivity contribution in [3.8, 4) is 23.0 Å². The maximum atomic E-state index is 13.1. The van der Waals surface area contributed by atoms with E-state index in [1.165, 1.54) is 12.8 Å². The van der Waals surface area contributed by atoms with Crippen molar-refractivity contribution < 1.29 is 18.8 Å². The lowest BCUT2D eigenvalue weighted by Crippen LogP contribution is -2.27. The smallest absolute Gasteiger partial charge is 0.258 e. The molecule has 226 valence electrons. The number of amides is 2. The predicted octanol–water partition coefficient (Wildman–Crippen LogP) is 5.10. The van der Waals surface area contributed by atoms with Crippen LogP contribution in [0.25, 0.3) is 22.2 Å². The third kappa shape index (κ3) is 5.27. The Bertz CT molecular complexity index is 1840. The number of likely N-dealkylation sites (tertiary alicyclic amines) is 2. The Hall–Kier alpha value is -4.47. The Balaban J connectivity index is 1.09. The molecule has 2 saturated carbocycles. The number of carbonyl (C=O) groups excluding carboxylic acids is 2. The monoisotopic (exact) mass is 593 g/mol. The highest BCUT2D eigenvalue weighted by Gasteiger charge is 2.41. The van der Waals surface area contributed by atoms with Crippen LogP contribution in [0.5, 0.6) is 11.5 Å². The first kappa shape index (κ1) is 27.1. The van der Waals surface area contributed by atoms with Gasteiger partial charge < -0.3 is 23.6 Å². The molecule has 8 rings (SSSR count). The zero-order chi connectivity index (χ0) is 29.9. The standard InChI is InChI=1S/C34H35N5O5/c1-20-12-30(40)38(16-20)18-24-5-4-23(33-35-32(36-44-33)25-15-31(41)39(19-25)26-6-7-26)14-29(24)43-27-8-9-28-22(13-27)10-11-37(34(28)42)17-21-2-3-21/h4-5,8-11,13-14,20-21,25-26H,2-3,6-7,12,15-19H2,1H3/t20-,25-/m0/s1. The highest BCUT2D eigenvalue weighted by Crippen LogP contribution is 2.37. The Labute approximate surface area is 254 Å². The van der Waals surface area contributed by atoms with Crippen molar-refractivity contribution in [1.82, 2.24) is 24.5 Å². The summed E-state index contributed by atoms with van der Waals surface area (Å²) in [6.45, 7) is 4.61. The fourth-order valence-corrected chi connectivity index (χ4v) is 6.58. The average Bonchev–Trinajstić information content (AvgIpc) is 3.91. The van der Waals surface area contributed by atoms with E-state index in [1.807, 2.05) is 58.5 Å². The van der Waals surface area contributed by atoms with Crippen LogP contribution in [0, 0.1) is 11.8 Å². The van der Waals surface area contributed by atoms with E-state index in [1.54, 1.807) is 4.57 Å². The fourth-order valence-electron chi connectivity index (χ4n) is 6.58. The average molecular weight is 594 g/mol. The number of benzene rings is 2. The molecule has 2 aliphatic carbocycles. The Morgan fingerprint density at radius 2 is 1.82 bits per heavy atom. The second kappa shape index (κ2) is 10.6. The van der Waals surface area contributed by atoms with Crippen LogP contribution in [-0.2, 0) is 22.7 Å². The van der Waals surface area contributed by atoms with Gasteiger partial charge in [0.25, 0.3) is 11.4 Å². The van der Waals surface area contributed by atoms with Crippen molar-refractivity contribution in [3.63, 3.8) is 0 Å². The van der Waals surface area contributed by atoms with Crippen molar-refractivity contribution in [2.45, 2.75) is 70.5 Å². The first-order valence-corrected chi connectivity index (χ1v) is 15.7. The zero-order valence-electron chi connectivity index (χ0n) is 24.8. The van der Waals surface area contributed by atoms with Gasteiger partial charge in [0.05, 0.1) is 0 Å². The van der Waals surface area contributed by atoms with Gasteiger partial charge in [-0.25, -0.2) is 0 Å². The summed E-state index contributed by atoms with van der Waals surface area (Å²) in [4.78, 5) is 46.7. The van der Waals surface area contributed by atoms with Crippen LogP contribution in [0.3, 0.4) is 0 Å². The van der Waals surface area contributed by atoms with Crippen LogP contribution < -0.4 is 10.3 Å². The van der Waals surface area contributed by atoms with Crippen LogP contribution in [0.2, 0.25) is 0 Å². The normalized spacial score (nSPS) is 22.0. The maximum Gasteiger partial charge on any atom is 0.258 e. The summed E-state index contributed by atoms with van der Waals surface area (Å²) < 4.78 is 14.0. The Morgan fingerprint density at radius 3 is 2.59 bits per heavy atom. The summed E-state index contributed by atoms with van der Waals surface area (Å²) in [5.74, 6) is 3.20. The number of hydrogen-bond acceptors (Lipinski definition) is 7. The van der Waals surface area contributed by atoms with Crippen LogP contribution in [0.1, 0.15) is 62.8 Å². The molecule has 2 aromatic carbocycles. The van der Waals surface area contributed by atoms with Gasteiger partial charge >= 0.3 is 0 Å². The number of rotatable bonds is 9. The summed E-state index contributed by atoms with van der Waals surface area (Å²) in [5.41, 5.74) is 1.56.